The Kier molecular flexibility index (Phi) is 7.62. The molecular formula is C28H32F3N5O5S. The Morgan fingerprint density at radius 2 is 1.90 bits per heavy atom. The standard InChI is InChI=1S/C28H32F3N5O5S/c1-2-35-25-21(23(26(38)34-10-13-42(40)15-34)33-36(25)19-8-11-41-12-9-19)20(16-6-7-16)22(27(35)39)32-24(37)17-4-3-5-18(14-17)28(29,30)31/h3-5,14,16,19-20,22H,2,6-13,15H2,1H3,(H,32,37). The Bertz CT molecular complexity index is 1440. The molecule has 4 heterocycles. The molecule has 3 amide bonds. The molecule has 6 rings (SSSR count). The second-order valence-electron chi connectivity index (χ2n) is 11.2. The van der Waals surface area contributed by atoms with Gasteiger partial charge in [0.1, 0.15) is 11.9 Å². The number of ether oxygens (including phenoxy) is 1. The summed E-state index contributed by atoms with van der Waals surface area (Å²) in [4.78, 5) is 44.4. The molecule has 3 aliphatic heterocycles. The minimum atomic E-state index is -4.63. The number of alkyl halides is 3. The van der Waals surface area contributed by atoms with Gasteiger partial charge in [-0.2, -0.15) is 18.3 Å². The van der Waals surface area contributed by atoms with Crippen LogP contribution < -0.4 is 10.2 Å². The summed E-state index contributed by atoms with van der Waals surface area (Å²) in [7, 11) is -1.16. The molecular weight excluding hydrogens is 575 g/mol. The molecule has 14 heteroatoms. The van der Waals surface area contributed by atoms with E-state index in [9.17, 15) is 31.8 Å². The molecule has 2 aromatic rings. The highest BCUT2D eigenvalue weighted by molar-refractivity contribution is 7.85. The lowest BCUT2D eigenvalue weighted by atomic mass is 9.82. The third-order valence-corrected chi connectivity index (χ3v) is 9.74. The lowest BCUT2D eigenvalue weighted by Crippen LogP contribution is -2.56. The third kappa shape index (κ3) is 5.23. The van der Waals surface area contributed by atoms with E-state index in [1.807, 2.05) is 0 Å². The van der Waals surface area contributed by atoms with Gasteiger partial charge in [0.2, 0.25) is 0 Å². The molecule has 1 aromatic carbocycles. The zero-order chi connectivity index (χ0) is 29.8. The zero-order valence-corrected chi connectivity index (χ0v) is 23.9. The van der Waals surface area contributed by atoms with E-state index in [1.165, 1.54) is 15.9 Å². The van der Waals surface area contributed by atoms with Crippen LogP contribution >= 0.6 is 0 Å². The smallest absolute Gasteiger partial charge is 0.381 e. The van der Waals surface area contributed by atoms with Gasteiger partial charge in [-0.15, -0.1) is 0 Å². The average Bonchev–Trinajstić information content (AvgIpc) is 3.61. The summed E-state index contributed by atoms with van der Waals surface area (Å²) < 4.78 is 59.5. The van der Waals surface area contributed by atoms with Gasteiger partial charge in [-0.25, -0.2) is 4.68 Å². The lowest BCUT2D eigenvalue weighted by molar-refractivity contribution is -0.137. The first-order valence-corrected chi connectivity index (χ1v) is 15.7. The van der Waals surface area contributed by atoms with E-state index < -0.39 is 46.3 Å². The van der Waals surface area contributed by atoms with Crippen LogP contribution in [0.2, 0.25) is 0 Å². The van der Waals surface area contributed by atoms with Crippen molar-refractivity contribution in [2.45, 2.75) is 56.8 Å². The van der Waals surface area contributed by atoms with Gasteiger partial charge >= 0.3 is 6.18 Å². The van der Waals surface area contributed by atoms with E-state index in [2.05, 4.69) is 5.32 Å². The van der Waals surface area contributed by atoms with E-state index in [0.717, 1.165) is 31.0 Å². The maximum Gasteiger partial charge on any atom is 0.416 e. The quantitative estimate of drug-likeness (QED) is 0.540. The monoisotopic (exact) mass is 607 g/mol. The number of nitrogens with zero attached hydrogens (tertiary/aromatic N) is 4. The number of anilines is 1. The first-order chi connectivity index (χ1) is 20.1. The van der Waals surface area contributed by atoms with Crippen LogP contribution in [-0.4, -0.2) is 80.6 Å². The summed E-state index contributed by atoms with van der Waals surface area (Å²) in [5, 5.41) is 7.57. The van der Waals surface area contributed by atoms with Gasteiger partial charge in [0.15, 0.2) is 5.69 Å². The van der Waals surface area contributed by atoms with E-state index >= 15 is 0 Å². The van der Waals surface area contributed by atoms with Crippen molar-refractivity contribution in [3.05, 3.63) is 46.6 Å². The van der Waals surface area contributed by atoms with E-state index in [-0.39, 0.29) is 41.5 Å². The third-order valence-electron chi connectivity index (χ3n) is 8.50. The van der Waals surface area contributed by atoms with E-state index in [0.29, 0.717) is 49.7 Å². The molecule has 0 spiro atoms. The number of amides is 3. The first kappa shape index (κ1) is 28.8. The summed E-state index contributed by atoms with van der Waals surface area (Å²) >= 11 is 0. The maximum atomic E-state index is 14.1. The number of benzene rings is 1. The highest BCUT2D eigenvalue weighted by Crippen LogP contribution is 2.52. The van der Waals surface area contributed by atoms with Crippen LogP contribution in [0, 0.1) is 5.92 Å². The largest absolute Gasteiger partial charge is 0.416 e. The molecule has 1 N–H and O–H groups in total. The Hall–Kier alpha value is -3.26. The van der Waals surface area contributed by atoms with Crippen molar-refractivity contribution < 1.29 is 36.5 Å². The molecule has 226 valence electrons. The van der Waals surface area contributed by atoms with Gasteiger partial charge in [0.25, 0.3) is 17.7 Å². The molecule has 3 atom stereocenters. The Labute approximate surface area is 243 Å². The lowest BCUT2D eigenvalue weighted by Gasteiger charge is -2.39. The molecule has 10 nitrogen and oxygen atoms in total. The van der Waals surface area contributed by atoms with Gasteiger partial charge in [0.05, 0.1) is 17.5 Å². The molecule has 4 aliphatic rings. The number of rotatable bonds is 6. The van der Waals surface area contributed by atoms with Crippen LogP contribution in [0.3, 0.4) is 0 Å². The number of carbonyl (C=O) groups excluding carboxylic acids is 3. The molecule has 42 heavy (non-hydrogen) atoms. The minimum Gasteiger partial charge on any atom is -0.381 e. The number of carbonyl (C=O) groups is 3. The topological polar surface area (TPSA) is 114 Å². The van der Waals surface area contributed by atoms with Gasteiger partial charge in [-0.3, -0.25) is 23.5 Å². The molecule has 1 aliphatic carbocycles. The van der Waals surface area contributed by atoms with Gasteiger partial charge in [-0.05, 0) is 56.7 Å². The SMILES string of the molecule is CCN1C(=O)C(NC(=O)c2cccc(C(F)(F)F)c2)C(C2CC2)c2c(C(=O)N3CCS(=O)C3)nn(C3CCOCC3)c21. The minimum absolute atomic E-state index is 0.0230. The summed E-state index contributed by atoms with van der Waals surface area (Å²) in [6.45, 7) is 3.36. The second kappa shape index (κ2) is 11.1. The number of likely N-dealkylation sites (N-methyl/N-ethyl adjacent to an activating group) is 1. The van der Waals surface area contributed by atoms with Crippen LogP contribution in [-0.2, 0) is 26.5 Å². The molecule has 2 saturated heterocycles. The molecule has 1 aromatic heterocycles. The predicted molar refractivity (Wildman–Crippen MR) is 146 cm³/mol. The van der Waals surface area contributed by atoms with Crippen molar-refractivity contribution in [3.8, 4) is 0 Å². The maximum absolute atomic E-state index is 14.1. The van der Waals surface area contributed by atoms with Crippen LogP contribution in [0.25, 0.3) is 0 Å². The second-order valence-corrected chi connectivity index (χ2v) is 12.7. The highest BCUT2D eigenvalue weighted by Gasteiger charge is 2.52. The van der Waals surface area contributed by atoms with Crippen LogP contribution in [0.5, 0.6) is 0 Å². The van der Waals surface area contributed by atoms with Crippen molar-refractivity contribution in [2.75, 3.05) is 42.8 Å². The van der Waals surface area contributed by atoms with Crippen LogP contribution in [0.15, 0.2) is 24.3 Å². The number of nitrogens with one attached hydrogen (secondary N) is 1. The van der Waals surface area contributed by atoms with Gasteiger partial charge < -0.3 is 15.0 Å². The number of aromatic nitrogens is 2. The molecule has 1 saturated carbocycles. The Morgan fingerprint density at radius 3 is 2.52 bits per heavy atom. The van der Waals surface area contributed by atoms with E-state index in [4.69, 9.17) is 9.84 Å². The molecule has 0 bridgehead atoms. The van der Waals surface area contributed by atoms with E-state index in [1.54, 1.807) is 11.6 Å². The summed E-state index contributed by atoms with van der Waals surface area (Å²) in [5.41, 5.74) is -0.427. The van der Waals surface area contributed by atoms with Crippen molar-refractivity contribution >= 4 is 34.3 Å². The fourth-order valence-corrected chi connectivity index (χ4v) is 7.40. The molecule has 3 fully saturated rings. The summed E-state index contributed by atoms with van der Waals surface area (Å²) in [6, 6.07) is 2.87. The van der Waals surface area contributed by atoms with Gasteiger partial charge in [-0.1, -0.05) is 6.07 Å². The van der Waals surface area contributed by atoms with Crippen molar-refractivity contribution in [1.82, 2.24) is 20.0 Å². The number of hydrogen-bond acceptors (Lipinski definition) is 6. The predicted octanol–water partition coefficient (Wildman–Crippen LogP) is 3.07. The fraction of sp³-hybridized carbons (Fsp3) is 0.571. The van der Waals surface area contributed by atoms with Gasteiger partial charge in [0, 0.05) is 59.9 Å². The molecule has 0 radical (unpaired) electrons. The highest BCUT2D eigenvalue weighted by atomic mass is 32.2. The number of halogens is 3. The first-order valence-electron chi connectivity index (χ1n) is 14.2. The number of hydrogen-bond donors (Lipinski definition) is 1. The average molecular weight is 608 g/mol. The van der Waals surface area contributed by atoms with Crippen molar-refractivity contribution in [1.29, 1.82) is 0 Å². The Morgan fingerprint density at radius 1 is 1.17 bits per heavy atom. The normalized spacial score (nSPS) is 25.0. The van der Waals surface area contributed by atoms with Crippen LogP contribution in [0.1, 0.15) is 76.5 Å². The number of fused-ring (bicyclic) bond motifs is 1. The van der Waals surface area contributed by atoms with Crippen molar-refractivity contribution in [2.24, 2.45) is 5.92 Å². The Balaban J connectivity index is 1.44. The fourth-order valence-electron chi connectivity index (χ4n) is 6.26. The zero-order valence-electron chi connectivity index (χ0n) is 23.1. The van der Waals surface area contributed by atoms with Crippen LogP contribution in [0.4, 0.5) is 19.0 Å². The van der Waals surface area contributed by atoms with Crippen molar-refractivity contribution in [3.63, 3.8) is 0 Å². The summed E-state index contributed by atoms with van der Waals surface area (Å²) in [6.07, 6.45) is -1.81. The molecule has 3 unspecified atom stereocenters. The summed E-state index contributed by atoms with van der Waals surface area (Å²) in [5.74, 6) is -1.19.